The van der Waals surface area contributed by atoms with E-state index in [4.69, 9.17) is 0 Å². The van der Waals surface area contributed by atoms with E-state index in [2.05, 4.69) is 26.0 Å². The third-order valence-corrected chi connectivity index (χ3v) is 5.94. The molecule has 22 heavy (non-hydrogen) atoms. The van der Waals surface area contributed by atoms with E-state index in [9.17, 15) is 0 Å². The van der Waals surface area contributed by atoms with Gasteiger partial charge in [0, 0.05) is 0 Å². The lowest BCUT2D eigenvalue weighted by molar-refractivity contribution is 0.366. The van der Waals surface area contributed by atoms with Gasteiger partial charge in [-0.1, -0.05) is 62.8 Å². The molecule has 0 radical (unpaired) electrons. The van der Waals surface area contributed by atoms with Crippen molar-refractivity contribution >= 4 is 0 Å². The summed E-state index contributed by atoms with van der Waals surface area (Å²) in [5.74, 6) is 2.02. The van der Waals surface area contributed by atoms with E-state index in [1.165, 1.54) is 89.9 Å². The predicted molar refractivity (Wildman–Crippen MR) is 99.1 cm³/mol. The average molecular weight is 303 g/mol. The maximum atomic E-state index is 2.64. The first-order chi connectivity index (χ1) is 10.8. The van der Waals surface area contributed by atoms with E-state index in [1.54, 1.807) is 11.1 Å². The molecule has 0 N–H and O–H groups in total. The Morgan fingerprint density at radius 3 is 1.95 bits per heavy atom. The van der Waals surface area contributed by atoms with Gasteiger partial charge in [-0.25, -0.2) is 0 Å². The first kappa shape index (κ1) is 17.8. The largest absolute Gasteiger partial charge is 0.0856 e. The fraction of sp³-hybridized carbons (Fsp3) is 0.818. The second-order valence-electron chi connectivity index (χ2n) is 7.75. The van der Waals surface area contributed by atoms with Crippen molar-refractivity contribution in [2.45, 2.75) is 104 Å². The van der Waals surface area contributed by atoms with Gasteiger partial charge in [0.05, 0.1) is 0 Å². The van der Waals surface area contributed by atoms with Crippen molar-refractivity contribution in [2.24, 2.45) is 11.8 Å². The average Bonchev–Trinajstić information content (AvgIpc) is 2.56. The quantitative estimate of drug-likeness (QED) is 0.335. The summed E-state index contributed by atoms with van der Waals surface area (Å²) in [6, 6.07) is 0. The molecule has 0 heteroatoms. The summed E-state index contributed by atoms with van der Waals surface area (Å²) in [5, 5.41) is 0. The molecule has 2 aliphatic carbocycles. The number of allylic oxidation sites excluding steroid dienone is 4. The Balaban J connectivity index is 1.63. The predicted octanol–water partition coefficient (Wildman–Crippen LogP) is 7.60. The fourth-order valence-electron chi connectivity index (χ4n) is 4.33. The minimum atomic E-state index is 0.976. The van der Waals surface area contributed by atoms with Gasteiger partial charge in [-0.2, -0.15) is 0 Å². The van der Waals surface area contributed by atoms with Crippen LogP contribution in [0.15, 0.2) is 23.3 Å². The molecule has 0 atom stereocenters. The van der Waals surface area contributed by atoms with Crippen LogP contribution in [0.4, 0.5) is 0 Å². The van der Waals surface area contributed by atoms with Crippen LogP contribution in [0.5, 0.6) is 0 Å². The summed E-state index contributed by atoms with van der Waals surface area (Å²) in [7, 11) is 0. The molecule has 0 unspecified atom stereocenters. The molecule has 126 valence electrons. The Kier molecular flexibility index (Phi) is 8.34. The normalized spacial score (nSPS) is 26.1. The second kappa shape index (κ2) is 10.3. The highest BCUT2D eigenvalue weighted by Crippen LogP contribution is 2.34. The van der Waals surface area contributed by atoms with Crippen LogP contribution in [0.2, 0.25) is 0 Å². The van der Waals surface area contributed by atoms with Crippen LogP contribution >= 0.6 is 0 Å². The molecule has 0 aromatic carbocycles. The monoisotopic (exact) mass is 302 g/mol. The molecule has 0 bridgehead atoms. The van der Waals surface area contributed by atoms with Gasteiger partial charge in [0.2, 0.25) is 0 Å². The molecule has 2 saturated carbocycles. The van der Waals surface area contributed by atoms with Crippen LogP contribution in [0.25, 0.3) is 0 Å². The minimum Gasteiger partial charge on any atom is -0.0856 e. The molecule has 0 aromatic rings. The van der Waals surface area contributed by atoms with Gasteiger partial charge in [-0.3, -0.25) is 0 Å². The molecule has 0 aromatic heterocycles. The fourth-order valence-corrected chi connectivity index (χ4v) is 4.33. The summed E-state index contributed by atoms with van der Waals surface area (Å²) in [6.45, 7) is 4.58. The van der Waals surface area contributed by atoms with Gasteiger partial charge in [0.25, 0.3) is 0 Å². The third kappa shape index (κ3) is 6.31. The van der Waals surface area contributed by atoms with Gasteiger partial charge in [0.1, 0.15) is 0 Å². The standard InChI is InChI=1S/C22H38/c1-3-5-6-8-20-11-15-22(16-12-20)18-17-21-13-9-19(7-4-2)10-14-21/h7,18,20-21H,3-6,8-17H2,1-2H3. The molecule has 0 aliphatic heterocycles. The molecule has 0 spiro atoms. The smallest absolute Gasteiger partial charge is 0.0318 e. The molecule has 2 rings (SSSR count). The van der Waals surface area contributed by atoms with Gasteiger partial charge in [0.15, 0.2) is 0 Å². The topological polar surface area (TPSA) is 0 Å². The zero-order valence-electron chi connectivity index (χ0n) is 15.2. The molecule has 2 fully saturated rings. The van der Waals surface area contributed by atoms with Crippen molar-refractivity contribution < 1.29 is 0 Å². The summed E-state index contributed by atoms with van der Waals surface area (Å²) >= 11 is 0. The van der Waals surface area contributed by atoms with Gasteiger partial charge < -0.3 is 0 Å². The molecule has 0 nitrogen and oxygen atoms in total. The third-order valence-electron chi connectivity index (χ3n) is 5.94. The number of hydrogen-bond donors (Lipinski definition) is 0. The summed E-state index contributed by atoms with van der Waals surface area (Å²) in [6.07, 6.45) is 24.9. The van der Waals surface area contributed by atoms with Crippen LogP contribution in [-0.4, -0.2) is 0 Å². The summed E-state index contributed by atoms with van der Waals surface area (Å²) < 4.78 is 0. The first-order valence-corrected chi connectivity index (χ1v) is 10.2. The first-order valence-electron chi connectivity index (χ1n) is 10.2. The Hall–Kier alpha value is -0.520. The van der Waals surface area contributed by atoms with Crippen molar-refractivity contribution in [1.29, 1.82) is 0 Å². The van der Waals surface area contributed by atoms with Gasteiger partial charge >= 0.3 is 0 Å². The SMILES string of the molecule is CCC=C1CCC(CC=C2CCC(CCCCC)CC2)CC1. The maximum Gasteiger partial charge on any atom is -0.0318 e. The lowest BCUT2D eigenvalue weighted by Crippen LogP contribution is -2.10. The molecular formula is C22H38. The molecule has 2 aliphatic rings. The van der Waals surface area contributed by atoms with Crippen LogP contribution in [0, 0.1) is 11.8 Å². The minimum absolute atomic E-state index is 0.976. The lowest BCUT2D eigenvalue weighted by atomic mass is 9.80. The Morgan fingerprint density at radius 2 is 1.36 bits per heavy atom. The Labute approximate surface area is 139 Å². The van der Waals surface area contributed by atoms with Crippen LogP contribution in [0.1, 0.15) is 104 Å². The van der Waals surface area contributed by atoms with Crippen LogP contribution in [0.3, 0.4) is 0 Å². The van der Waals surface area contributed by atoms with E-state index < -0.39 is 0 Å². The number of hydrogen-bond acceptors (Lipinski definition) is 0. The van der Waals surface area contributed by atoms with Crippen LogP contribution in [-0.2, 0) is 0 Å². The highest BCUT2D eigenvalue weighted by Gasteiger charge is 2.18. The van der Waals surface area contributed by atoms with Crippen molar-refractivity contribution in [2.75, 3.05) is 0 Å². The van der Waals surface area contributed by atoms with Crippen LogP contribution < -0.4 is 0 Å². The van der Waals surface area contributed by atoms with E-state index in [0.29, 0.717) is 0 Å². The van der Waals surface area contributed by atoms with E-state index in [-0.39, 0.29) is 0 Å². The molecule has 0 amide bonds. The summed E-state index contributed by atoms with van der Waals surface area (Å²) in [5.41, 5.74) is 3.53. The highest BCUT2D eigenvalue weighted by molar-refractivity contribution is 5.08. The van der Waals surface area contributed by atoms with Crippen molar-refractivity contribution in [1.82, 2.24) is 0 Å². The van der Waals surface area contributed by atoms with Crippen molar-refractivity contribution in [3.8, 4) is 0 Å². The van der Waals surface area contributed by atoms with E-state index in [1.807, 2.05) is 0 Å². The summed E-state index contributed by atoms with van der Waals surface area (Å²) in [4.78, 5) is 0. The Bertz CT molecular complexity index is 340. The van der Waals surface area contributed by atoms with E-state index >= 15 is 0 Å². The molecule has 0 saturated heterocycles. The highest BCUT2D eigenvalue weighted by atomic mass is 14.2. The second-order valence-corrected chi connectivity index (χ2v) is 7.75. The number of unbranched alkanes of at least 4 members (excludes halogenated alkanes) is 2. The number of rotatable bonds is 7. The Morgan fingerprint density at radius 1 is 0.773 bits per heavy atom. The van der Waals surface area contributed by atoms with E-state index in [0.717, 1.165) is 11.8 Å². The molecule has 0 heterocycles. The zero-order valence-corrected chi connectivity index (χ0v) is 15.2. The van der Waals surface area contributed by atoms with Gasteiger partial charge in [-0.05, 0) is 76.0 Å². The lowest BCUT2D eigenvalue weighted by Gasteiger charge is -2.26. The van der Waals surface area contributed by atoms with Crippen molar-refractivity contribution in [3.05, 3.63) is 23.3 Å². The maximum absolute atomic E-state index is 2.64. The van der Waals surface area contributed by atoms with Gasteiger partial charge in [-0.15, -0.1) is 0 Å². The zero-order chi connectivity index (χ0) is 15.6. The van der Waals surface area contributed by atoms with Crippen molar-refractivity contribution in [3.63, 3.8) is 0 Å². The molecular weight excluding hydrogens is 264 g/mol.